The molecule has 0 unspecified atom stereocenters. The van der Waals surface area contributed by atoms with Crippen molar-refractivity contribution in [1.82, 2.24) is 10.3 Å². The van der Waals surface area contributed by atoms with Crippen LogP contribution in [-0.2, 0) is 6.18 Å². The first kappa shape index (κ1) is 17.6. The van der Waals surface area contributed by atoms with E-state index in [1.54, 1.807) is 18.3 Å². The predicted octanol–water partition coefficient (Wildman–Crippen LogP) is 2.95. The Balaban J connectivity index is 1.86. The van der Waals surface area contributed by atoms with Gasteiger partial charge in [0.15, 0.2) is 0 Å². The van der Waals surface area contributed by atoms with E-state index in [2.05, 4.69) is 15.6 Å². The minimum Gasteiger partial charge on any atom is -0.492 e. The highest BCUT2D eigenvalue weighted by Crippen LogP contribution is 2.30. The van der Waals surface area contributed by atoms with Crippen LogP contribution >= 0.6 is 0 Å². The number of carbonyl (C=O) groups excluding carboxylic acids is 1. The van der Waals surface area contributed by atoms with Crippen molar-refractivity contribution in [3.05, 3.63) is 53.7 Å². The number of amides is 1. The van der Waals surface area contributed by atoms with Gasteiger partial charge in [-0.15, -0.1) is 0 Å². The molecule has 0 atom stereocenters. The first-order valence-corrected chi connectivity index (χ1v) is 7.13. The van der Waals surface area contributed by atoms with Gasteiger partial charge in [0.2, 0.25) is 0 Å². The van der Waals surface area contributed by atoms with Gasteiger partial charge in [-0.1, -0.05) is 0 Å². The quantitative estimate of drug-likeness (QED) is 0.795. The van der Waals surface area contributed by atoms with Gasteiger partial charge >= 0.3 is 6.18 Å². The average molecular weight is 339 g/mol. The Kier molecular flexibility index (Phi) is 5.62. The third-order valence-electron chi connectivity index (χ3n) is 3.12. The zero-order valence-corrected chi connectivity index (χ0v) is 12.9. The Hall–Kier alpha value is -2.77. The summed E-state index contributed by atoms with van der Waals surface area (Å²) in [5.41, 5.74) is -0.328. The molecule has 1 amide bonds. The Morgan fingerprint density at radius 1 is 1.21 bits per heavy atom. The highest BCUT2D eigenvalue weighted by molar-refractivity contribution is 5.98. The SMILES string of the molecule is CNC(=O)c1cccnc1NCCOc1ccc(C(F)(F)F)cc1. The fourth-order valence-corrected chi connectivity index (χ4v) is 1.94. The van der Waals surface area contributed by atoms with E-state index in [0.717, 1.165) is 12.1 Å². The highest BCUT2D eigenvalue weighted by atomic mass is 19.4. The van der Waals surface area contributed by atoms with E-state index >= 15 is 0 Å². The monoisotopic (exact) mass is 339 g/mol. The van der Waals surface area contributed by atoms with Crippen LogP contribution in [0, 0.1) is 0 Å². The van der Waals surface area contributed by atoms with E-state index in [1.165, 1.54) is 19.2 Å². The van der Waals surface area contributed by atoms with Crippen molar-refractivity contribution in [2.75, 3.05) is 25.5 Å². The molecule has 0 saturated carbocycles. The normalized spacial score (nSPS) is 11.0. The molecule has 0 aliphatic heterocycles. The summed E-state index contributed by atoms with van der Waals surface area (Å²) < 4.78 is 42.7. The number of carbonyl (C=O) groups is 1. The molecule has 1 aromatic carbocycles. The maximum absolute atomic E-state index is 12.5. The Labute approximate surface area is 136 Å². The van der Waals surface area contributed by atoms with Crippen molar-refractivity contribution in [2.45, 2.75) is 6.18 Å². The Bertz CT molecular complexity index is 688. The number of ether oxygens (including phenoxy) is 1. The van der Waals surface area contributed by atoms with Crippen LogP contribution in [0.1, 0.15) is 15.9 Å². The van der Waals surface area contributed by atoms with Gasteiger partial charge in [-0.05, 0) is 36.4 Å². The van der Waals surface area contributed by atoms with Gasteiger partial charge in [-0.3, -0.25) is 4.79 Å². The van der Waals surface area contributed by atoms with Crippen LogP contribution in [0.15, 0.2) is 42.6 Å². The summed E-state index contributed by atoms with van der Waals surface area (Å²) >= 11 is 0. The average Bonchev–Trinajstić information content (AvgIpc) is 2.58. The van der Waals surface area contributed by atoms with Crippen molar-refractivity contribution < 1.29 is 22.7 Å². The highest BCUT2D eigenvalue weighted by Gasteiger charge is 2.29. The first-order valence-electron chi connectivity index (χ1n) is 7.13. The molecule has 1 heterocycles. The molecule has 2 rings (SSSR count). The molecular weight excluding hydrogens is 323 g/mol. The topological polar surface area (TPSA) is 63.2 Å². The second-order valence-corrected chi connectivity index (χ2v) is 4.78. The maximum atomic E-state index is 12.5. The number of nitrogens with zero attached hydrogens (tertiary/aromatic N) is 1. The third kappa shape index (κ3) is 4.61. The smallest absolute Gasteiger partial charge is 0.416 e. The zero-order valence-electron chi connectivity index (χ0n) is 12.9. The molecule has 0 aliphatic rings. The fraction of sp³-hybridized carbons (Fsp3) is 0.250. The van der Waals surface area contributed by atoms with Crippen LogP contribution in [0.5, 0.6) is 5.75 Å². The number of rotatable bonds is 6. The lowest BCUT2D eigenvalue weighted by molar-refractivity contribution is -0.137. The van der Waals surface area contributed by atoms with Gasteiger partial charge in [0, 0.05) is 13.2 Å². The van der Waals surface area contributed by atoms with Crippen LogP contribution in [0.25, 0.3) is 0 Å². The molecule has 2 N–H and O–H groups in total. The van der Waals surface area contributed by atoms with E-state index in [4.69, 9.17) is 4.74 Å². The standard InChI is InChI=1S/C16H16F3N3O2/c1-20-15(23)13-3-2-8-21-14(13)22-9-10-24-12-6-4-11(5-7-12)16(17,18)19/h2-8H,9-10H2,1H3,(H,20,23)(H,21,22). The number of pyridine rings is 1. The number of hydrogen-bond acceptors (Lipinski definition) is 4. The van der Waals surface area contributed by atoms with Gasteiger partial charge in [-0.25, -0.2) is 4.98 Å². The molecular formula is C16H16F3N3O2. The number of alkyl halides is 3. The first-order chi connectivity index (χ1) is 11.4. The van der Waals surface area contributed by atoms with E-state index in [0.29, 0.717) is 23.7 Å². The van der Waals surface area contributed by atoms with Crippen LogP contribution in [0.2, 0.25) is 0 Å². The number of benzene rings is 1. The molecule has 0 aliphatic carbocycles. The van der Waals surface area contributed by atoms with Crippen LogP contribution < -0.4 is 15.4 Å². The van der Waals surface area contributed by atoms with Gasteiger partial charge in [0.1, 0.15) is 18.2 Å². The van der Waals surface area contributed by atoms with Crippen molar-refractivity contribution >= 4 is 11.7 Å². The summed E-state index contributed by atoms with van der Waals surface area (Å²) in [6.07, 6.45) is -2.82. The zero-order chi connectivity index (χ0) is 17.6. The van der Waals surface area contributed by atoms with Gasteiger partial charge in [-0.2, -0.15) is 13.2 Å². The number of nitrogens with one attached hydrogen (secondary N) is 2. The van der Waals surface area contributed by atoms with Crippen molar-refractivity contribution in [3.8, 4) is 5.75 Å². The number of anilines is 1. The molecule has 5 nitrogen and oxygen atoms in total. The van der Waals surface area contributed by atoms with Crippen molar-refractivity contribution in [1.29, 1.82) is 0 Å². The lowest BCUT2D eigenvalue weighted by atomic mass is 10.2. The summed E-state index contributed by atoms with van der Waals surface area (Å²) in [5.74, 6) is 0.472. The molecule has 8 heteroatoms. The van der Waals surface area contributed by atoms with Crippen LogP contribution in [0.3, 0.4) is 0 Å². The van der Waals surface area contributed by atoms with Gasteiger partial charge < -0.3 is 15.4 Å². The Morgan fingerprint density at radius 2 is 1.92 bits per heavy atom. The number of hydrogen-bond donors (Lipinski definition) is 2. The lowest BCUT2D eigenvalue weighted by Crippen LogP contribution is -2.21. The largest absolute Gasteiger partial charge is 0.492 e. The van der Waals surface area contributed by atoms with Crippen molar-refractivity contribution in [2.24, 2.45) is 0 Å². The minimum absolute atomic E-state index is 0.203. The lowest BCUT2D eigenvalue weighted by Gasteiger charge is -2.11. The fourth-order valence-electron chi connectivity index (χ4n) is 1.94. The molecule has 2 aromatic rings. The van der Waals surface area contributed by atoms with E-state index in [-0.39, 0.29) is 12.5 Å². The third-order valence-corrected chi connectivity index (χ3v) is 3.12. The molecule has 0 spiro atoms. The van der Waals surface area contributed by atoms with E-state index < -0.39 is 11.7 Å². The van der Waals surface area contributed by atoms with Crippen molar-refractivity contribution in [3.63, 3.8) is 0 Å². The van der Waals surface area contributed by atoms with Crippen LogP contribution in [0.4, 0.5) is 19.0 Å². The van der Waals surface area contributed by atoms with E-state index in [1.807, 2.05) is 0 Å². The van der Waals surface area contributed by atoms with Crippen LogP contribution in [-0.4, -0.2) is 31.1 Å². The minimum atomic E-state index is -4.37. The molecule has 0 bridgehead atoms. The second kappa shape index (κ2) is 7.67. The van der Waals surface area contributed by atoms with Gasteiger partial charge in [0.05, 0.1) is 17.7 Å². The maximum Gasteiger partial charge on any atom is 0.416 e. The molecule has 0 fully saturated rings. The summed E-state index contributed by atoms with van der Waals surface area (Å²) in [6, 6.07) is 7.73. The molecule has 24 heavy (non-hydrogen) atoms. The molecule has 128 valence electrons. The molecule has 0 saturated heterocycles. The van der Waals surface area contributed by atoms with Gasteiger partial charge in [0.25, 0.3) is 5.91 Å². The summed E-state index contributed by atoms with van der Waals surface area (Å²) in [6.45, 7) is 0.539. The number of aromatic nitrogens is 1. The second-order valence-electron chi connectivity index (χ2n) is 4.78. The summed E-state index contributed by atoms with van der Waals surface area (Å²) in [5, 5.41) is 5.47. The Morgan fingerprint density at radius 3 is 2.54 bits per heavy atom. The summed E-state index contributed by atoms with van der Waals surface area (Å²) in [7, 11) is 1.52. The van der Waals surface area contributed by atoms with E-state index in [9.17, 15) is 18.0 Å². The number of halogens is 3. The predicted molar refractivity (Wildman–Crippen MR) is 83.1 cm³/mol. The molecule has 1 aromatic heterocycles. The molecule has 0 radical (unpaired) electrons. The summed E-state index contributed by atoms with van der Waals surface area (Å²) in [4.78, 5) is 15.8.